The molecule has 4 atom stereocenters. The molecule has 31 heteroatoms. The van der Waals surface area contributed by atoms with Gasteiger partial charge < -0.3 is 46.6 Å². The normalized spacial score (nSPS) is 18.7. The number of pyridine rings is 1. The van der Waals surface area contributed by atoms with Crippen molar-refractivity contribution in [1.82, 2.24) is 61.5 Å². The highest BCUT2D eigenvalue weighted by molar-refractivity contribution is 7.15. The summed E-state index contributed by atoms with van der Waals surface area (Å²) in [6.45, 7) is 4.19. The van der Waals surface area contributed by atoms with Gasteiger partial charge in [-0.2, -0.15) is 0 Å². The first kappa shape index (κ1) is 62.9. The summed E-state index contributed by atoms with van der Waals surface area (Å²) in [6, 6.07) is 9.17. The minimum atomic E-state index is -1.31. The number of benzene rings is 1. The van der Waals surface area contributed by atoms with E-state index in [4.69, 9.17) is 29.7 Å². The number of aliphatic carboxylic acids is 2. The predicted molar refractivity (Wildman–Crippen MR) is 330 cm³/mol. The molecule has 1 saturated carbocycles. The number of nitrogens with one attached hydrogen (secondary N) is 5. The molecular formula is C57H57N13O12S6. The Morgan fingerprint density at radius 3 is 2.08 bits per heavy atom. The minimum Gasteiger partial charge on any atom is -0.481 e. The van der Waals surface area contributed by atoms with Crippen LogP contribution in [-0.4, -0.2) is 125 Å². The summed E-state index contributed by atoms with van der Waals surface area (Å²) in [5.41, 5.74) is 2.21. The van der Waals surface area contributed by atoms with Crippen molar-refractivity contribution in [3.05, 3.63) is 111 Å². The third-order valence-electron chi connectivity index (χ3n) is 14.5. The van der Waals surface area contributed by atoms with E-state index in [0.29, 0.717) is 63.0 Å². The zero-order valence-corrected chi connectivity index (χ0v) is 52.5. The summed E-state index contributed by atoms with van der Waals surface area (Å²) >= 11 is 6.89. The molecule has 25 nitrogen and oxygen atoms in total. The lowest BCUT2D eigenvalue weighted by Crippen LogP contribution is -2.41. The second kappa shape index (κ2) is 27.5. The van der Waals surface area contributed by atoms with Crippen LogP contribution in [-0.2, 0) is 35.3 Å². The second-order valence-corrected chi connectivity index (χ2v) is 26.7. The molecule has 8 aromatic rings. The van der Waals surface area contributed by atoms with Crippen LogP contribution in [0.5, 0.6) is 0 Å². The van der Waals surface area contributed by atoms with Crippen LogP contribution in [0.1, 0.15) is 132 Å². The van der Waals surface area contributed by atoms with E-state index >= 15 is 0 Å². The number of carbonyl (C=O) groups excluding carboxylic acids is 6. The van der Waals surface area contributed by atoms with Gasteiger partial charge in [0.05, 0.1) is 48.1 Å². The number of anilines is 1. The van der Waals surface area contributed by atoms with E-state index in [9.17, 15) is 53.7 Å². The maximum absolute atomic E-state index is 14.4. The van der Waals surface area contributed by atoms with E-state index in [1.165, 1.54) is 25.5 Å². The first-order chi connectivity index (χ1) is 42.3. The topological polar surface area (TPSA) is 360 Å². The number of aryl methyl sites for hydroxylation is 1. The molecule has 1 aliphatic heterocycles. The molecule has 10 bridgehead atoms. The molecule has 0 radical (unpaired) electrons. The van der Waals surface area contributed by atoms with E-state index in [-0.39, 0.29) is 78.2 Å². The molecule has 1 fully saturated rings. The molecule has 0 spiro atoms. The Morgan fingerprint density at radius 1 is 0.682 bits per heavy atom. The summed E-state index contributed by atoms with van der Waals surface area (Å²) < 4.78 is 5.45. The van der Waals surface area contributed by atoms with Crippen LogP contribution >= 0.6 is 68.0 Å². The Balaban J connectivity index is 1.05. The van der Waals surface area contributed by atoms with Crippen LogP contribution in [0.25, 0.3) is 43.4 Å². The van der Waals surface area contributed by atoms with E-state index in [2.05, 4.69) is 36.6 Å². The van der Waals surface area contributed by atoms with Crippen molar-refractivity contribution in [2.45, 2.75) is 83.7 Å². The number of carboxylic acid groups (broad SMARTS) is 2. The van der Waals surface area contributed by atoms with Crippen LogP contribution in [0, 0.1) is 24.7 Å². The number of amides is 6. The standard InChI is InChI=1S/C57H57N13O12S6/c1-25(2)41-55-69-44(36(88-55)20-82-5)48(77)59-18-39(72)66-45(46(75)27-9-7-6-8-10-27)54-64-35(23-85-54)52-62-33(21-84-52)43-30(50-63-34(22-83-50)47(76)61-32(17-38(71)58-4)53-68-42(26(3)87-53)49(78)67-41)15-16-31(60-43)51-65-37(24-86-51)70(19-40(73)74)56(79)28-11-13-29(14-12-28)57(80)81/h6-10,15-16,21-25,28-29,32,41,45-46,75H,11-14,17-20H2,1-5H3,(H,58,71)(H,59,77)(H,61,76)(H,66,72)(H,67,78)(H,73,74)(H,80,81)/t28-,29-,32-,41?,45-,46-/m0/s1. The van der Waals surface area contributed by atoms with Crippen molar-refractivity contribution in [1.29, 1.82) is 0 Å². The maximum atomic E-state index is 14.4. The molecule has 7 aromatic heterocycles. The van der Waals surface area contributed by atoms with Crippen LogP contribution in [0.2, 0.25) is 0 Å². The Hall–Kier alpha value is -8.17. The lowest BCUT2D eigenvalue weighted by molar-refractivity contribution is -0.144. The number of methoxy groups -OCH3 is 1. The number of aromatic nitrogens is 7. The molecular weight excluding hydrogens is 1250 g/mol. The van der Waals surface area contributed by atoms with Crippen LogP contribution < -0.4 is 31.5 Å². The van der Waals surface area contributed by atoms with Gasteiger partial charge in [0.1, 0.15) is 88.7 Å². The first-order valence-electron chi connectivity index (χ1n) is 27.5. The summed E-state index contributed by atoms with van der Waals surface area (Å²) in [7, 11) is 2.91. The Kier molecular flexibility index (Phi) is 19.6. The zero-order chi connectivity index (χ0) is 62.5. The largest absolute Gasteiger partial charge is 0.481 e. The number of aliphatic hydroxyl groups is 1. The maximum Gasteiger partial charge on any atom is 0.323 e. The lowest BCUT2D eigenvalue weighted by Gasteiger charge is -2.29. The highest BCUT2D eigenvalue weighted by atomic mass is 32.1. The molecule has 88 heavy (non-hydrogen) atoms. The SMILES string of the molecule is CNC(=O)C[C@@H]1NC(=O)c2csc(n2)-c2ccc(-c3nc(N(CC(=O)O)C(=O)[C@H]4CC[C@H](C(=O)O)CC4)cs3)nc2-c2csc(n2)-c2csc(n2)[C@H]([C@@H](O)c2ccccc2)NC(=O)CNC(=O)c2nc(sc2COC)C(C(C)C)NC(=O)c2nc1sc2C. The van der Waals surface area contributed by atoms with Gasteiger partial charge in [0.25, 0.3) is 17.7 Å². The molecule has 10 rings (SSSR count). The number of carbonyl (C=O) groups is 8. The van der Waals surface area contributed by atoms with Crippen molar-refractivity contribution in [3.8, 4) is 43.4 Å². The smallest absolute Gasteiger partial charge is 0.323 e. The highest BCUT2D eigenvalue weighted by Gasteiger charge is 2.36. The summed E-state index contributed by atoms with van der Waals surface area (Å²) in [5.74, 6) is -7.10. The molecule has 1 unspecified atom stereocenters. The number of hydrogen-bond donors (Lipinski definition) is 8. The molecule has 1 aliphatic carbocycles. The average molecular weight is 1310 g/mol. The first-order valence-corrected chi connectivity index (χ1v) is 32.6. The van der Waals surface area contributed by atoms with E-state index in [1.54, 1.807) is 70.9 Å². The Labute approximate surface area is 526 Å². The van der Waals surface area contributed by atoms with E-state index in [1.807, 2.05) is 13.8 Å². The van der Waals surface area contributed by atoms with Gasteiger partial charge >= 0.3 is 11.9 Å². The van der Waals surface area contributed by atoms with Gasteiger partial charge in [0.2, 0.25) is 17.7 Å². The van der Waals surface area contributed by atoms with Crippen molar-refractivity contribution in [2.24, 2.45) is 17.8 Å². The lowest BCUT2D eigenvalue weighted by atomic mass is 9.81. The number of hydrogen-bond acceptors (Lipinski definition) is 23. The molecule has 8 N–H and O–H groups in total. The number of nitrogens with zero attached hydrogens (tertiary/aromatic N) is 8. The summed E-state index contributed by atoms with van der Waals surface area (Å²) in [6.07, 6.45) is -0.462. The highest BCUT2D eigenvalue weighted by Crippen LogP contribution is 2.41. The van der Waals surface area contributed by atoms with Gasteiger partial charge in [0.15, 0.2) is 0 Å². The molecule has 2 aliphatic rings. The molecule has 0 saturated heterocycles. The van der Waals surface area contributed by atoms with Gasteiger partial charge in [-0.15, -0.1) is 68.0 Å². The van der Waals surface area contributed by atoms with Crippen molar-refractivity contribution in [3.63, 3.8) is 0 Å². The number of aliphatic hydroxyl groups excluding tert-OH is 1. The van der Waals surface area contributed by atoms with Gasteiger partial charge in [-0.25, -0.2) is 34.9 Å². The van der Waals surface area contributed by atoms with Crippen molar-refractivity contribution >= 4 is 121 Å². The van der Waals surface area contributed by atoms with E-state index < -0.39 is 96.5 Å². The number of ether oxygens (including phenoxy) is 1. The zero-order valence-electron chi connectivity index (χ0n) is 47.6. The number of fused-ring (bicyclic) bond motifs is 14. The fourth-order valence-electron chi connectivity index (χ4n) is 9.91. The Bertz CT molecular complexity index is 3940. The number of rotatable bonds is 13. The monoisotopic (exact) mass is 1310 g/mol. The molecule has 1 aromatic carbocycles. The van der Waals surface area contributed by atoms with Gasteiger partial charge in [-0.3, -0.25) is 43.3 Å². The quantitative estimate of drug-likeness (QED) is 0.0550. The second-order valence-electron chi connectivity index (χ2n) is 20.9. The Morgan fingerprint density at radius 2 is 1.36 bits per heavy atom. The van der Waals surface area contributed by atoms with Crippen LogP contribution in [0.3, 0.4) is 0 Å². The van der Waals surface area contributed by atoms with Gasteiger partial charge in [-0.05, 0) is 56.2 Å². The third kappa shape index (κ3) is 14.0. The van der Waals surface area contributed by atoms with Crippen LogP contribution in [0.15, 0.2) is 64.0 Å². The van der Waals surface area contributed by atoms with E-state index in [0.717, 1.165) is 61.6 Å². The predicted octanol–water partition coefficient (Wildman–Crippen LogP) is 7.62. The third-order valence-corrected chi connectivity index (χ3v) is 20.2. The summed E-state index contributed by atoms with van der Waals surface area (Å²) in [5, 5.41) is 54.0. The van der Waals surface area contributed by atoms with Gasteiger partial charge in [0, 0.05) is 52.0 Å². The fourth-order valence-corrected chi connectivity index (χ4v) is 15.5. The average Bonchev–Trinajstić information content (AvgIpc) is 2.82. The molecule has 458 valence electrons. The molecule has 8 heterocycles. The van der Waals surface area contributed by atoms with Crippen molar-refractivity contribution < 1.29 is 58.4 Å². The van der Waals surface area contributed by atoms with Gasteiger partial charge in [-0.1, -0.05) is 44.2 Å². The fraction of sp³-hybridized carbons (Fsp3) is 0.351. The summed E-state index contributed by atoms with van der Waals surface area (Å²) in [4.78, 5) is 143. The number of thiazole rings is 6. The van der Waals surface area contributed by atoms with Crippen LogP contribution in [0.4, 0.5) is 5.82 Å². The van der Waals surface area contributed by atoms with Crippen molar-refractivity contribution in [2.75, 3.05) is 32.1 Å². The number of carboxylic acids is 2. The molecule has 6 amide bonds. The minimum absolute atomic E-state index is 0.0146.